The van der Waals surface area contributed by atoms with Gasteiger partial charge < -0.3 is 5.32 Å². The molecular formula is C15H9Cl2FN4O. The van der Waals surface area contributed by atoms with Gasteiger partial charge in [0, 0.05) is 5.56 Å². The summed E-state index contributed by atoms with van der Waals surface area (Å²) in [6, 6.07) is 8.70. The third-order valence-corrected chi connectivity index (χ3v) is 3.74. The van der Waals surface area contributed by atoms with E-state index in [1.54, 1.807) is 12.1 Å². The molecule has 3 aromatic rings. The average molecular weight is 351 g/mol. The number of pyridine rings is 1. The number of carbonyl (C=O) groups is 1. The first-order valence-corrected chi connectivity index (χ1v) is 7.22. The minimum Gasteiger partial charge on any atom is -0.321 e. The third kappa shape index (κ3) is 3.33. The van der Waals surface area contributed by atoms with Crippen LogP contribution in [0.25, 0.3) is 5.82 Å². The Kier molecular flexibility index (Phi) is 4.27. The summed E-state index contributed by atoms with van der Waals surface area (Å²) in [4.78, 5) is 20.1. The van der Waals surface area contributed by atoms with Crippen LogP contribution in [0.5, 0.6) is 0 Å². The average Bonchev–Trinajstić information content (AvgIpc) is 2.88. The Bertz CT molecular complexity index is 864. The van der Waals surface area contributed by atoms with Gasteiger partial charge in [0.15, 0.2) is 10.3 Å². The van der Waals surface area contributed by atoms with Gasteiger partial charge in [0.05, 0.1) is 11.9 Å². The van der Waals surface area contributed by atoms with Crippen molar-refractivity contribution in [3.05, 3.63) is 70.6 Å². The predicted octanol–water partition coefficient (Wildman–Crippen LogP) is 3.97. The Morgan fingerprint density at radius 3 is 2.61 bits per heavy atom. The van der Waals surface area contributed by atoms with E-state index >= 15 is 0 Å². The molecule has 0 saturated carbocycles. The number of aromatic nitrogens is 3. The molecule has 3 rings (SSSR count). The van der Waals surface area contributed by atoms with Crippen molar-refractivity contribution < 1.29 is 9.18 Å². The van der Waals surface area contributed by atoms with Gasteiger partial charge in [0.25, 0.3) is 5.91 Å². The summed E-state index contributed by atoms with van der Waals surface area (Å²) >= 11 is 11.8. The van der Waals surface area contributed by atoms with Gasteiger partial charge in [-0.05, 0) is 30.3 Å². The lowest BCUT2D eigenvalue weighted by molar-refractivity contribution is 0.102. The number of nitrogens with one attached hydrogen (secondary N) is 1. The van der Waals surface area contributed by atoms with Crippen molar-refractivity contribution in [1.82, 2.24) is 14.5 Å². The second-order valence-corrected chi connectivity index (χ2v) is 5.28. The number of hydrogen-bond donors (Lipinski definition) is 1. The molecule has 0 saturated heterocycles. The molecule has 1 amide bonds. The van der Waals surface area contributed by atoms with Crippen molar-refractivity contribution in [2.75, 3.05) is 5.32 Å². The second kappa shape index (κ2) is 6.36. The fraction of sp³-hybridized carbons (Fsp3) is 0. The first-order chi connectivity index (χ1) is 11.0. The Hall–Kier alpha value is -2.44. The van der Waals surface area contributed by atoms with E-state index in [-0.39, 0.29) is 15.9 Å². The third-order valence-electron chi connectivity index (χ3n) is 3.01. The summed E-state index contributed by atoms with van der Waals surface area (Å²) in [6.07, 6.45) is 2.90. The molecule has 0 aliphatic rings. The Morgan fingerprint density at radius 2 is 2.00 bits per heavy atom. The zero-order chi connectivity index (χ0) is 16.4. The summed E-state index contributed by atoms with van der Waals surface area (Å²) in [5.74, 6) is -0.404. The van der Waals surface area contributed by atoms with Gasteiger partial charge in [-0.2, -0.15) is 0 Å². The lowest BCUT2D eigenvalue weighted by atomic mass is 10.2. The Balaban J connectivity index is 1.78. The van der Waals surface area contributed by atoms with Crippen LogP contribution in [0, 0.1) is 5.82 Å². The maximum atomic E-state index is 13.1. The van der Waals surface area contributed by atoms with Crippen LogP contribution < -0.4 is 5.32 Å². The Labute approximate surface area is 140 Å². The predicted molar refractivity (Wildman–Crippen MR) is 85.7 cm³/mol. The van der Waals surface area contributed by atoms with Gasteiger partial charge in [-0.1, -0.05) is 29.3 Å². The number of benzene rings is 1. The van der Waals surface area contributed by atoms with Gasteiger partial charge in [0.2, 0.25) is 0 Å². The number of carbonyl (C=O) groups excluding carboxylic acids is 1. The van der Waals surface area contributed by atoms with E-state index in [9.17, 15) is 9.18 Å². The standard InChI is InChI=1S/C15H9Cl2FN4O/c16-13-14(17)22(8-20-13)12-5-4-11(7-19-12)21-15(23)9-2-1-3-10(18)6-9/h1-8H,(H,21,23). The van der Waals surface area contributed by atoms with Crippen molar-refractivity contribution in [3.63, 3.8) is 0 Å². The number of amides is 1. The lowest BCUT2D eigenvalue weighted by Gasteiger charge is -2.07. The highest BCUT2D eigenvalue weighted by molar-refractivity contribution is 6.40. The summed E-state index contributed by atoms with van der Waals surface area (Å²) in [5, 5.41) is 3.06. The van der Waals surface area contributed by atoms with Crippen molar-refractivity contribution in [2.24, 2.45) is 0 Å². The van der Waals surface area contributed by atoms with Crippen LogP contribution in [-0.2, 0) is 0 Å². The molecule has 1 aromatic carbocycles. The lowest BCUT2D eigenvalue weighted by Crippen LogP contribution is -2.12. The number of anilines is 1. The minimum absolute atomic E-state index is 0.178. The van der Waals surface area contributed by atoms with E-state index in [0.29, 0.717) is 11.5 Å². The highest BCUT2D eigenvalue weighted by atomic mass is 35.5. The van der Waals surface area contributed by atoms with E-state index in [1.807, 2.05) is 0 Å². The maximum Gasteiger partial charge on any atom is 0.255 e. The molecule has 1 N–H and O–H groups in total. The quantitative estimate of drug-likeness (QED) is 0.777. The van der Waals surface area contributed by atoms with Crippen LogP contribution in [0.1, 0.15) is 10.4 Å². The topological polar surface area (TPSA) is 59.8 Å². The van der Waals surface area contributed by atoms with Gasteiger partial charge in [-0.3, -0.25) is 9.36 Å². The van der Waals surface area contributed by atoms with Crippen LogP contribution in [0.15, 0.2) is 48.9 Å². The minimum atomic E-state index is -0.474. The van der Waals surface area contributed by atoms with Crippen molar-refractivity contribution in [1.29, 1.82) is 0 Å². The molecule has 0 radical (unpaired) electrons. The second-order valence-electron chi connectivity index (χ2n) is 4.57. The van der Waals surface area contributed by atoms with Crippen molar-refractivity contribution >= 4 is 34.8 Å². The van der Waals surface area contributed by atoms with E-state index in [1.165, 1.54) is 35.3 Å². The van der Waals surface area contributed by atoms with Gasteiger partial charge in [0.1, 0.15) is 18.0 Å². The molecule has 0 fully saturated rings. The molecule has 8 heteroatoms. The highest BCUT2D eigenvalue weighted by Gasteiger charge is 2.10. The molecule has 5 nitrogen and oxygen atoms in total. The van der Waals surface area contributed by atoms with Crippen LogP contribution in [0.2, 0.25) is 10.3 Å². The summed E-state index contributed by atoms with van der Waals surface area (Å²) < 4.78 is 14.6. The fourth-order valence-corrected chi connectivity index (χ4v) is 2.22. The fourth-order valence-electron chi connectivity index (χ4n) is 1.91. The van der Waals surface area contributed by atoms with E-state index in [0.717, 1.165) is 6.07 Å². The molecule has 0 atom stereocenters. The molecule has 0 aliphatic carbocycles. The highest BCUT2D eigenvalue weighted by Crippen LogP contribution is 2.23. The van der Waals surface area contributed by atoms with Crippen molar-refractivity contribution in [2.45, 2.75) is 0 Å². The summed E-state index contributed by atoms with van der Waals surface area (Å²) in [7, 11) is 0. The van der Waals surface area contributed by atoms with Gasteiger partial charge in [-0.25, -0.2) is 14.4 Å². The number of imidazole rings is 1. The van der Waals surface area contributed by atoms with E-state index in [2.05, 4.69) is 15.3 Å². The van der Waals surface area contributed by atoms with Gasteiger partial charge >= 0.3 is 0 Å². The molecule has 23 heavy (non-hydrogen) atoms. The SMILES string of the molecule is O=C(Nc1ccc(-n2cnc(Cl)c2Cl)nc1)c1cccc(F)c1. The molecule has 2 aromatic heterocycles. The first kappa shape index (κ1) is 15.5. The monoisotopic (exact) mass is 350 g/mol. The number of halogens is 3. The molecule has 116 valence electrons. The van der Waals surface area contributed by atoms with Crippen LogP contribution in [0.4, 0.5) is 10.1 Å². The zero-order valence-corrected chi connectivity index (χ0v) is 13.0. The van der Waals surface area contributed by atoms with Gasteiger partial charge in [-0.15, -0.1) is 0 Å². The van der Waals surface area contributed by atoms with E-state index < -0.39 is 11.7 Å². The number of hydrogen-bond acceptors (Lipinski definition) is 3. The summed E-state index contributed by atoms with van der Waals surface area (Å²) in [5.41, 5.74) is 0.684. The number of nitrogens with zero attached hydrogens (tertiary/aromatic N) is 3. The van der Waals surface area contributed by atoms with Crippen molar-refractivity contribution in [3.8, 4) is 5.82 Å². The molecule has 0 unspecified atom stereocenters. The Morgan fingerprint density at radius 1 is 1.17 bits per heavy atom. The van der Waals surface area contributed by atoms with Crippen LogP contribution in [0.3, 0.4) is 0 Å². The normalized spacial score (nSPS) is 10.6. The first-order valence-electron chi connectivity index (χ1n) is 6.46. The van der Waals surface area contributed by atoms with E-state index in [4.69, 9.17) is 23.2 Å². The molecular weight excluding hydrogens is 342 g/mol. The summed E-state index contributed by atoms with van der Waals surface area (Å²) in [6.45, 7) is 0. The largest absolute Gasteiger partial charge is 0.321 e. The van der Waals surface area contributed by atoms with Crippen LogP contribution >= 0.6 is 23.2 Å². The molecule has 2 heterocycles. The molecule has 0 bridgehead atoms. The molecule has 0 spiro atoms. The van der Waals surface area contributed by atoms with Crippen LogP contribution in [-0.4, -0.2) is 20.4 Å². The number of rotatable bonds is 3. The maximum absolute atomic E-state index is 13.1. The smallest absolute Gasteiger partial charge is 0.255 e. The zero-order valence-electron chi connectivity index (χ0n) is 11.5. The molecule has 0 aliphatic heterocycles.